The molecule has 0 unspecified atom stereocenters. The van der Waals surface area contributed by atoms with E-state index in [0.29, 0.717) is 5.56 Å². The van der Waals surface area contributed by atoms with E-state index >= 15 is 0 Å². The minimum atomic E-state index is -3.95. The summed E-state index contributed by atoms with van der Waals surface area (Å²) in [7, 11) is 2.91. The predicted molar refractivity (Wildman–Crippen MR) is 77.9 cm³/mol. The van der Waals surface area contributed by atoms with Gasteiger partial charge < -0.3 is 9.47 Å². The molecule has 1 saturated carbocycles. The van der Waals surface area contributed by atoms with E-state index in [2.05, 4.69) is 0 Å². The third-order valence-corrected chi connectivity index (χ3v) is 4.85. The molecule has 116 valence electrons. The highest BCUT2D eigenvalue weighted by Gasteiger charge is 2.23. The van der Waals surface area contributed by atoms with E-state index in [1.807, 2.05) is 0 Å². The molecule has 0 aromatic heterocycles. The smallest absolute Gasteiger partial charge is 0.338 e. The first-order valence-electron chi connectivity index (χ1n) is 6.69. The zero-order valence-corrected chi connectivity index (χ0v) is 13.2. The van der Waals surface area contributed by atoms with Gasteiger partial charge in [0, 0.05) is 17.8 Å². The number of hydrogen-bond acceptors (Lipinski definition) is 5. The van der Waals surface area contributed by atoms with Crippen LogP contribution in [0, 0.1) is 0 Å². The highest BCUT2D eigenvalue weighted by atomic mass is 35.7. The van der Waals surface area contributed by atoms with Crippen LogP contribution < -0.4 is 0 Å². The SMILES string of the molecule is COCc1ccc(C(=O)OC2CCCC2)cc1S(=O)(=O)Cl. The molecule has 0 atom stereocenters. The number of benzene rings is 1. The molecule has 0 radical (unpaired) electrons. The lowest BCUT2D eigenvalue weighted by Gasteiger charge is -2.13. The first kappa shape index (κ1) is 16.3. The van der Waals surface area contributed by atoms with Crippen LogP contribution in [-0.4, -0.2) is 27.6 Å². The first-order chi connectivity index (χ1) is 9.91. The zero-order chi connectivity index (χ0) is 15.5. The van der Waals surface area contributed by atoms with Gasteiger partial charge in [0.15, 0.2) is 0 Å². The Labute approximate surface area is 128 Å². The van der Waals surface area contributed by atoms with Crippen LogP contribution in [-0.2, 0) is 25.1 Å². The van der Waals surface area contributed by atoms with Gasteiger partial charge in [-0.15, -0.1) is 0 Å². The Bertz CT molecular complexity index is 620. The van der Waals surface area contributed by atoms with E-state index in [1.165, 1.54) is 25.3 Å². The fraction of sp³-hybridized carbons (Fsp3) is 0.500. The molecule has 5 nitrogen and oxygen atoms in total. The van der Waals surface area contributed by atoms with Crippen molar-refractivity contribution in [1.82, 2.24) is 0 Å². The van der Waals surface area contributed by atoms with Crippen LogP contribution in [0.3, 0.4) is 0 Å². The second-order valence-electron chi connectivity index (χ2n) is 5.01. The number of hydrogen-bond donors (Lipinski definition) is 0. The van der Waals surface area contributed by atoms with Gasteiger partial charge in [0.25, 0.3) is 9.05 Å². The molecule has 1 aliphatic carbocycles. The second kappa shape index (κ2) is 6.77. The van der Waals surface area contributed by atoms with Gasteiger partial charge >= 0.3 is 5.97 Å². The van der Waals surface area contributed by atoms with Gasteiger partial charge in [0.05, 0.1) is 17.1 Å². The van der Waals surface area contributed by atoms with Crippen molar-refractivity contribution in [3.63, 3.8) is 0 Å². The maximum absolute atomic E-state index is 12.1. The third-order valence-electron chi connectivity index (χ3n) is 3.44. The summed E-state index contributed by atoms with van der Waals surface area (Å²) >= 11 is 0. The molecule has 0 bridgehead atoms. The van der Waals surface area contributed by atoms with Gasteiger partial charge in [0.1, 0.15) is 6.10 Å². The Morgan fingerprint density at radius 1 is 1.33 bits per heavy atom. The van der Waals surface area contributed by atoms with Gasteiger partial charge in [-0.25, -0.2) is 13.2 Å². The Balaban J connectivity index is 2.26. The number of carbonyl (C=O) groups is 1. The van der Waals surface area contributed by atoms with Crippen LogP contribution >= 0.6 is 10.7 Å². The summed E-state index contributed by atoms with van der Waals surface area (Å²) in [5.41, 5.74) is 0.589. The fourth-order valence-corrected chi connectivity index (χ4v) is 3.55. The van der Waals surface area contributed by atoms with E-state index in [9.17, 15) is 13.2 Å². The van der Waals surface area contributed by atoms with E-state index in [-0.39, 0.29) is 23.2 Å². The lowest BCUT2D eigenvalue weighted by atomic mass is 10.1. The van der Waals surface area contributed by atoms with E-state index in [1.54, 1.807) is 0 Å². The lowest BCUT2D eigenvalue weighted by molar-refractivity contribution is 0.0317. The topological polar surface area (TPSA) is 69.7 Å². The van der Waals surface area contributed by atoms with Crippen molar-refractivity contribution in [3.8, 4) is 0 Å². The van der Waals surface area contributed by atoms with Gasteiger partial charge in [-0.2, -0.15) is 0 Å². The van der Waals surface area contributed by atoms with Gasteiger partial charge in [-0.05, 0) is 43.4 Å². The van der Waals surface area contributed by atoms with Crippen molar-refractivity contribution >= 4 is 25.7 Å². The molecule has 0 heterocycles. The lowest BCUT2D eigenvalue weighted by Crippen LogP contribution is -2.15. The Morgan fingerprint density at radius 2 is 2.00 bits per heavy atom. The van der Waals surface area contributed by atoms with Crippen molar-refractivity contribution in [1.29, 1.82) is 0 Å². The highest BCUT2D eigenvalue weighted by molar-refractivity contribution is 8.13. The van der Waals surface area contributed by atoms with Crippen molar-refractivity contribution in [2.45, 2.75) is 43.3 Å². The number of methoxy groups -OCH3 is 1. The molecule has 7 heteroatoms. The monoisotopic (exact) mass is 332 g/mol. The van der Waals surface area contributed by atoms with Crippen LogP contribution in [0.15, 0.2) is 23.1 Å². The van der Waals surface area contributed by atoms with Gasteiger partial charge in [0.2, 0.25) is 0 Å². The maximum atomic E-state index is 12.1. The number of halogens is 1. The summed E-state index contributed by atoms with van der Waals surface area (Å²) in [4.78, 5) is 11.9. The molecule has 0 amide bonds. The summed E-state index contributed by atoms with van der Waals surface area (Å²) < 4.78 is 33.5. The summed E-state index contributed by atoms with van der Waals surface area (Å²) in [5.74, 6) is -0.521. The minimum absolute atomic E-state index is 0.0767. The Morgan fingerprint density at radius 3 is 2.57 bits per heavy atom. The maximum Gasteiger partial charge on any atom is 0.338 e. The average Bonchev–Trinajstić information content (AvgIpc) is 2.91. The predicted octanol–water partition coefficient (Wildman–Crippen LogP) is 2.86. The van der Waals surface area contributed by atoms with Crippen molar-refractivity contribution < 1.29 is 22.7 Å². The van der Waals surface area contributed by atoms with Crippen LogP contribution in [0.5, 0.6) is 0 Å². The fourth-order valence-electron chi connectivity index (χ4n) is 2.41. The van der Waals surface area contributed by atoms with Crippen LogP contribution in [0.1, 0.15) is 41.6 Å². The summed E-state index contributed by atoms with van der Waals surface area (Å²) in [6.45, 7) is 0.0965. The quantitative estimate of drug-likeness (QED) is 0.612. The molecule has 21 heavy (non-hydrogen) atoms. The number of carbonyl (C=O) groups excluding carboxylic acids is 1. The summed E-state index contributed by atoms with van der Waals surface area (Å²) in [6.07, 6.45) is 3.73. The molecule has 0 saturated heterocycles. The molecule has 2 rings (SSSR count). The van der Waals surface area contributed by atoms with E-state index in [4.69, 9.17) is 20.2 Å². The number of rotatable bonds is 5. The zero-order valence-electron chi connectivity index (χ0n) is 11.7. The third kappa shape index (κ3) is 4.18. The molecule has 1 aromatic rings. The van der Waals surface area contributed by atoms with Gasteiger partial charge in [-0.1, -0.05) is 6.07 Å². The molecular weight excluding hydrogens is 316 g/mol. The molecule has 1 aromatic carbocycles. The van der Waals surface area contributed by atoms with E-state index in [0.717, 1.165) is 25.7 Å². The van der Waals surface area contributed by atoms with E-state index < -0.39 is 15.0 Å². The van der Waals surface area contributed by atoms with Crippen LogP contribution in [0.2, 0.25) is 0 Å². The number of esters is 1. The summed E-state index contributed by atoms with van der Waals surface area (Å²) in [6, 6.07) is 4.29. The van der Waals surface area contributed by atoms with Crippen LogP contribution in [0.25, 0.3) is 0 Å². The van der Waals surface area contributed by atoms with Crippen LogP contribution in [0.4, 0.5) is 0 Å². The Hall–Kier alpha value is -1.11. The second-order valence-corrected chi connectivity index (χ2v) is 7.54. The molecule has 0 spiro atoms. The molecule has 0 aliphatic heterocycles. The number of ether oxygens (including phenoxy) is 2. The highest BCUT2D eigenvalue weighted by Crippen LogP contribution is 2.25. The standard InChI is InChI=1S/C14H17ClO5S/c1-19-9-11-7-6-10(8-13(11)21(15,17)18)14(16)20-12-4-2-3-5-12/h6-8,12H,2-5,9H2,1H3. The first-order valence-corrected chi connectivity index (χ1v) is 9.00. The van der Waals surface area contributed by atoms with Crippen molar-refractivity contribution in [3.05, 3.63) is 29.3 Å². The molecular formula is C14H17ClO5S. The van der Waals surface area contributed by atoms with Gasteiger partial charge in [-0.3, -0.25) is 0 Å². The Kier molecular flexibility index (Phi) is 5.24. The van der Waals surface area contributed by atoms with Crippen molar-refractivity contribution in [2.24, 2.45) is 0 Å². The summed E-state index contributed by atoms with van der Waals surface area (Å²) in [5, 5.41) is 0. The average molecular weight is 333 g/mol. The molecule has 1 fully saturated rings. The normalized spacial score (nSPS) is 16.1. The molecule has 1 aliphatic rings. The minimum Gasteiger partial charge on any atom is -0.459 e. The largest absolute Gasteiger partial charge is 0.459 e. The van der Waals surface area contributed by atoms with Crippen molar-refractivity contribution in [2.75, 3.05) is 7.11 Å². The molecule has 0 N–H and O–H groups in total.